The third kappa shape index (κ3) is 2.41. The molecule has 0 spiro atoms. The number of para-hydroxylation sites is 1. The maximum Gasteiger partial charge on any atom is 0.327 e. The van der Waals surface area contributed by atoms with E-state index >= 15 is 0 Å². The predicted molar refractivity (Wildman–Crippen MR) is 76.4 cm³/mol. The molecular weight excluding hydrogens is 256 g/mol. The number of benzene rings is 1. The van der Waals surface area contributed by atoms with Crippen molar-refractivity contribution in [2.24, 2.45) is 17.6 Å². The number of carboxylic acids is 1. The van der Waals surface area contributed by atoms with Gasteiger partial charge in [0.25, 0.3) is 0 Å². The Bertz CT molecular complexity index is 528. The number of nitrogens with two attached hydrogens (primary N) is 1. The third-order valence-electron chi connectivity index (χ3n) is 3.87. The Morgan fingerprint density at radius 3 is 2.60 bits per heavy atom. The second kappa shape index (κ2) is 5.63. The van der Waals surface area contributed by atoms with Gasteiger partial charge in [0.2, 0.25) is 5.91 Å². The fourth-order valence-corrected chi connectivity index (χ4v) is 2.69. The number of rotatable bonds is 4. The topological polar surface area (TPSA) is 83.6 Å². The van der Waals surface area contributed by atoms with Gasteiger partial charge < -0.3 is 10.8 Å². The molecule has 0 bridgehead atoms. The van der Waals surface area contributed by atoms with Crippen LogP contribution in [0.5, 0.6) is 0 Å². The van der Waals surface area contributed by atoms with Gasteiger partial charge in [-0.1, -0.05) is 32.0 Å². The van der Waals surface area contributed by atoms with Crippen LogP contribution in [0.15, 0.2) is 24.3 Å². The molecule has 2 unspecified atom stereocenters. The molecule has 3 N–H and O–H groups in total. The molecule has 1 amide bonds. The number of fused-ring (bicyclic) bond motifs is 1. The minimum absolute atomic E-state index is 0.0784. The molecule has 0 saturated heterocycles. The highest BCUT2D eigenvalue weighted by Crippen LogP contribution is 2.34. The Labute approximate surface area is 118 Å². The highest BCUT2D eigenvalue weighted by molar-refractivity contribution is 6.03. The van der Waals surface area contributed by atoms with Crippen molar-refractivity contribution in [1.82, 2.24) is 0 Å². The van der Waals surface area contributed by atoms with Gasteiger partial charge in [-0.25, -0.2) is 4.79 Å². The third-order valence-corrected chi connectivity index (χ3v) is 3.87. The minimum Gasteiger partial charge on any atom is -0.480 e. The smallest absolute Gasteiger partial charge is 0.327 e. The fraction of sp³-hybridized carbons (Fsp3) is 0.467. The first-order valence-electron chi connectivity index (χ1n) is 6.81. The number of anilines is 1. The summed E-state index contributed by atoms with van der Waals surface area (Å²) in [6, 6.07) is 6.51. The average Bonchev–Trinajstić information content (AvgIpc) is 2.78. The van der Waals surface area contributed by atoms with Gasteiger partial charge in [-0.2, -0.15) is 0 Å². The second-order valence-electron chi connectivity index (χ2n) is 5.48. The Balaban J connectivity index is 2.40. The molecule has 5 heteroatoms. The van der Waals surface area contributed by atoms with Crippen molar-refractivity contribution in [3.8, 4) is 0 Å². The first kappa shape index (κ1) is 14.5. The van der Waals surface area contributed by atoms with Crippen LogP contribution < -0.4 is 10.6 Å². The first-order chi connectivity index (χ1) is 9.47. The van der Waals surface area contributed by atoms with E-state index in [0.717, 1.165) is 5.56 Å². The molecule has 2 rings (SSSR count). The summed E-state index contributed by atoms with van der Waals surface area (Å²) in [6.07, 6.45) is 0.354. The van der Waals surface area contributed by atoms with E-state index in [9.17, 15) is 14.7 Å². The molecule has 108 valence electrons. The lowest BCUT2D eigenvalue weighted by molar-refractivity contribution is -0.140. The Morgan fingerprint density at radius 2 is 2.05 bits per heavy atom. The highest BCUT2D eigenvalue weighted by atomic mass is 16.4. The van der Waals surface area contributed by atoms with Crippen LogP contribution >= 0.6 is 0 Å². The number of aliphatic carboxylic acids is 1. The summed E-state index contributed by atoms with van der Waals surface area (Å²) >= 11 is 0. The van der Waals surface area contributed by atoms with Gasteiger partial charge in [0, 0.05) is 18.7 Å². The molecule has 1 aliphatic heterocycles. The zero-order valence-corrected chi connectivity index (χ0v) is 11.7. The van der Waals surface area contributed by atoms with Gasteiger partial charge in [-0.3, -0.25) is 9.69 Å². The Kier molecular flexibility index (Phi) is 4.09. The lowest BCUT2D eigenvalue weighted by Crippen LogP contribution is -2.48. The molecule has 1 aromatic carbocycles. The van der Waals surface area contributed by atoms with Crippen molar-refractivity contribution >= 4 is 17.6 Å². The number of carboxylic acid groups (broad SMARTS) is 1. The molecule has 0 radical (unpaired) electrons. The Morgan fingerprint density at radius 1 is 1.40 bits per heavy atom. The van der Waals surface area contributed by atoms with E-state index in [1.54, 1.807) is 6.07 Å². The maximum atomic E-state index is 12.7. The molecule has 1 heterocycles. The van der Waals surface area contributed by atoms with E-state index in [2.05, 4.69) is 0 Å². The molecule has 1 aliphatic rings. The summed E-state index contributed by atoms with van der Waals surface area (Å²) in [5.74, 6) is -1.45. The summed E-state index contributed by atoms with van der Waals surface area (Å²) in [6.45, 7) is 4.07. The van der Waals surface area contributed by atoms with Crippen LogP contribution in [0.25, 0.3) is 0 Å². The van der Waals surface area contributed by atoms with E-state index in [-0.39, 0.29) is 24.3 Å². The van der Waals surface area contributed by atoms with E-state index in [1.165, 1.54) is 4.90 Å². The van der Waals surface area contributed by atoms with E-state index in [4.69, 9.17) is 5.73 Å². The van der Waals surface area contributed by atoms with Gasteiger partial charge in [0.1, 0.15) is 6.04 Å². The minimum atomic E-state index is -0.978. The van der Waals surface area contributed by atoms with Gasteiger partial charge in [-0.05, 0) is 17.5 Å². The largest absolute Gasteiger partial charge is 0.480 e. The van der Waals surface area contributed by atoms with Crippen LogP contribution in [0.3, 0.4) is 0 Å². The second-order valence-corrected chi connectivity index (χ2v) is 5.48. The van der Waals surface area contributed by atoms with E-state index in [1.807, 2.05) is 32.0 Å². The van der Waals surface area contributed by atoms with Crippen molar-refractivity contribution in [2.45, 2.75) is 26.3 Å². The van der Waals surface area contributed by atoms with E-state index < -0.39 is 12.0 Å². The molecule has 2 atom stereocenters. The van der Waals surface area contributed by atoms with Crippen molar-refractivity contribution in [3.63, 3.8) is 0 Å². The molecule has 20 heavy (non-hydrogen) atoms. The number of hydrogen-bond donors (Lipinski definition) is 2. The standard InChI is InChI=1S/C15H20N2O3/c1-9(2)11(8-16)14(18)17-12-6-4-3-5-10(12)7-13(17)15(19)20/h3-6,9,11,13H,7-8,16H2,1-2H3,(H,19,20). The van der Waals surface area contributed by atoms with Gasteiger partial charge >= 0.3 is 5.97 Å². The summed E-state index contributed by atoms with van der Waals surface area (Å²) < 4.78 is 0. The molecule has 5 nitrogen and oxygen atoms in total. The maximum absolute atomic E-state index is 12.7. The normalized spacial score (nSPS) is 19.0. The first-order valence-corrected chi connectivity index (χ1v) is 6.81. The molecule has 1 aromatic rings. The molecule has 0 fully saturated rings. The van der Waals surface area contributed by atoms with Crippen molar-refractivity contribution < 1.29 is 14.7 Å². The Hall–Kier alpha value is -1.88. The molecule has 0 aromatic heterocycles. The molecule has 0 aliphatic carbocycles. The van der Waals surface area contributed by atoms with Crippen LogP contribution in [0.4, 0.5) is 5.69 Å². The highest BCUT2D eigenvalue weighted by Gasteiger charge is 2.40. The van der Waals surface area contributed by atoms with Gasteiger partial charge in [0.05, 0.1) is 5.92 Å². The fourth-order valence-electron chi connectivity index (χ4n) is 2.69. The van der Waals surface area contributed by atoms with Crippen molar-refractivity contribution in [1.29, 1.82) is 0 Å². The molecular formula is C15H20N2O3. The van der Waals surface area contributed by atoms with Crippen LogP contribution in [0.1, 0.15) is 19.4 Å². The quantitative estimate of drug-likeness (QED) is 0.867. The molecule has 0 saturated carbocycles. The average molecular weight is 276 g/mol. The van der Waals surface area contributed by atoms with Crippen LogP contribution in [-0.4, -0.2) is 29.6 Å². The summed E-state index contributed by atoms with van der Waals surface area (Å²) in [5, 5.41) is 9.37. The van der Waals surface area contributed by atoms with Crippen LogP contribution in [0, 0.1) is 11.8 Å². The van der Waals surface area contributed by atoms with Gasteiger partial charge in [0.15, 0.2) is 0 Å². The SMILES string of the molecule is CC(C)C(CN)C(=O)N1c2ccccc2CC1C(=O)O. The number of amides is 1. The number of carbonyl (C=O) groups is 2. The monoisotopic (exact) mass is 276 g/mol. The number of carbonyl (C=O) groups excluding carboxylic acids is 1. The van der Waals surface area contributed by atoms with Crippen molar-refractivity contribution in [2.75, 3.05) is 11.4 Å². The lowest BCUT2D eigenvalue weighted by atomic mass is 9.94. The van der Waals surface area contributed by atoms with Crippen LogP contribution in [-0.2, 0) is 16.0 Å². The summed E-state index contributed by atoms with van der Waals surface area (Å²) in [5.41, 5.74) is 7.28. The number of nitrogens with zero attached hydrogens (tertiary/aromatic N) is 1. The zero-order valence-electron chi connectivity index (χ0n) is 11.7. The lowest BCUT2D eigenvalue weighted by Gasteiger charge is -2.28. The van der Waals surface area contributed by atoms with E-state index in [0.29, 0.717) is 12.1 Å². The van der Waals surface area contributed by atoms with Crippen molar-refractivity contribution in [3.05, 3.63) is 29.8 Å². The van der Waals surface area contributed by atoms with Crippen LogP contribution in [0.2, 0.25) is 0 Å². The predicted octanol–water partition coefficient (Wildman–Crippen LogP) is 1.26. The number of hydrogen-bond acceptors (Lipinski definition) is 3. The van der Waals surface area contributed by atoms with Gasteiger partial charge in [-0.15, -0.1) is 0 Å². The summed E-state index contributed by atoms with van der Waals surface area (Å²) in [4.78, 5) is 25.5. The summed E-state index contributed by atoms with van der Waals surface area (Å²) in [7, 11) is 0. The zero-order chi connectivity index (χ0) is 14.9.